The van der Waals surface area contributed by atoms with E-state index in [0.29, 0.717) is 24.4 Å². The maximum absolute atomic E-state index is 5.94. The van der Waals surface area contributed by atoms with Gasteiger partial charge < -0.3 is 25.0 Å². The Hall–Kier alpha value is -2.73. The molecule has 1 heterocycles. The summed E-state index contributed by atoms with van der Waals surface area (Å²) in [6.07, 6.45) is 2.29. The van der Waals surface area contributed by atoms with Gasteiger partial charge in [0.15, 0.2) is 17.5 Å². The molecule has 1 saturated heterocycles. The number of piperidine rings is 1. The first kappa shape index (κ1) is 22.0. The van der Waals surface area contributed by atoms with Crippen molar-refractivity contribution in [1.29, 1.82) is 0 Å². The number of guanidine groups is 1. The van der Waals surface area contributed by atoms with Gasteiger partial charge in [-0.15, -0.1) is 0 Å². The quantitative estimate of drug-likeness (QED) is 0.533. The topological polar surface area (TPSA) is 58.1 Å². The van der Waals surface area contributed by atoms with E-state index >= 15 is 0 Å². The van der Waals surface area contributed by atoms with Crippen molar-refractivity contribution in [2.75, 3.05) is 27.2 Å². The summed E-state index contributed by atoms with van der Waals surface area (Å²) in [5.41, 5.74) is 1.17. The smallest absolute Gasteiger partial charge is 0.191 e. The molecule has 30 heavy (non-hydrogen) atoms. The maximum atomic E-state index is 5.94. The molecule has 6 heteroatoms. The molecule has 1 fully saturated rings. The third-order valence-corrected chi connectivity index (χ3v) is 5.50. The third-order valence-electron chi connectivity index (χ3n) is 5.50. The molecular formula is C24H34N4O2. The van der Waals surface area contributed by atoms with Crippen molar-refractivity contribution >= 4 is 5.96 Å². The van der Waals surface area contributed by atoms with Gasteiger partial charge in [-0.25, -0.2) is 0 Å². The first-order valence-corrected chi connectivity index (χ1v) is 10.7. The molecular weight excluding hydrogens is 376 g/mol. The maximum Gasteiger partial charge on any atom is 0.191 e. The highest BCUT2D eigenvalue weighted by atomic mass is 16.5. The molecule has 2 N–H and O–H groups in total. The lowest BCUT2D eigenvalue weighted by Crippen LogP contribution is -2.49. The van der Waals surface area contributed by atoms with Crippen LogP contribution in [0.3, 0.4) is 0 Å². The van der Waals surface area contributed by atoms with E-state index < -0.39 is 0 Å². The Morgan fingerprint density at radius 2 is 1.73 bits per heavy atom. The van der Waals surface area contributed by atoms with E-state index in [-0.39, 0.29) is 0 Å². The van der Waals surface area contributed by atoms with E-state index in [0.717, 1.165) is 43.4 Å². The van der Waals surface area contributed by atoms with Gasteiger partial charge in [0, 0.05) is 38.8 Å². The molecule has 162 valence electrons. The molecule has 0 unspecified atom stereocenters. The number of benzene rings is 2. The number of para-hydroxylation sites is 2. The van der Waals surface area contributed by atoms with Gasteiger partial charge in [-0.05, 0) is 56.5 Å². The van der Waals surface area contributed by atoms with Gasteiger partial charge in [0.05, 0.1) is 7.11 Å². The summed E-state index contributed by atoms with van der Waals surface area (Å²) in [7, 11) is 3.47. The molecule has 1 aliphatic heterocycles. The van der Waals surface area contributed by atoms with Gasteiger partial charge in [-0.2, -0.15) is 0 Å². The first-order chi connectivity index (χ1) is 14.6. The molecule has 2 aromatic carbocycles. The number of methoxy groups -OCH3 is 1. The minimum atomic E-state index is 0.475. The number of rotatable bonds is 7. The van der Waals surface area contributed by atoms with E-state index in [4.69, 9.17) is 9.47 Å². The van der Waals surface area contributed by atoms with Gasteiger partial charge in [-0.3, -0.25) is 4.99 Å². The second kappa shape index (κ2) is 10.9. The van der Waals surface area contributed by atoms with Crippen molar-refractivity contribution in [3.05, 3.63) is 54.1 Å². The van der Waals surface area contributed by atoms with E-state index in [9.17, 15) is 0 Å². The van der Waals surface area contributed by atoms with E-state index in [1.165, 1.54) is 5.56 Å². The molecule has 6 nitrogen and oxygen atoms in total. The lowest BCUT2D eigenvalue weighted by molar-refractivity contribution is 0.167. The largest absolute Gasteiger partial charge is 0.493 e. The molecule has 0 saturated carbocycles. The van der Waals surface area contributed by atoms with Crippen LogP contribution in [0.1, 0.15) is 32.3 Å². The normalized spacial score (nSPS) is 15.8. The van der Waals surface area contributed by atoms with Gasteiger partial charge in [0.25, 0.3) is 0 Å². The van der Waals surface area contributed by atoms with Crippen LogP contribution >= 0.6 is 0 Å². The number of aliphatic imine (C=N–C) groups is 1. The highest BCUT2D eigenvalue weighted by molar-refractivity contribution is 5.79. The standard InChI is InChI=1S/C24H34N4O2/c1-18(2)28-15-13-20(14-16-28)27-24(25-3)26-17-19-9-11-21(12-10-19)30-23-8-6-5-7-22(23)29-4/h5-12,18,20H,13-17H2,1-4H3,(H2,25,26,27). The van der Waals surface area contributed by atoms with Crippen LogP contribution in [0, 0.1) is 0 Å². The summed E-state index contributed by atoms with van der Waals surface area (Å²) in [5, 5.41) is 6.98. The Kier molecular flexibility index (Phi) is 7.97. The van der Waals surface area contributed by atoms with Gasteiger partial charge >= 0.3 is 0 Å². The lowest BCUT2D eigenvalue weighted by atomic mass is 10.0. The highest BCUT2D eigenvalue weighted by Gasteiger charge is 2.21. The Morgan fingerprint density at radius 1 is 1.07 bits per heavy atom. The fourth-order valence-electron chi connectivity index (χ4n) is 3.64. The van der Waals surface area contributed by atoms with Gasteiger partial charge in [0.2, 0.25) is 0 Å². The van der Waals surface area contributed by atoms with Gasteiger partial charge in [0.1, 0.15) is 5.75 Å². The summed E-state index contributed by atoms with van der Waals surface area (Å²) in [6, 6.07) is 16.8. The van der Waals surface area contributed by atoms with Crippen LogP contribution < -0.4 is 20.1 Å². The lowest BCUT2D eigenvalue weighted by Gasteiger charge is -2.35. The summed E-state index contributed by atoms with van der Waals surface area (Å²) in [6.45, 7) is 7.52. The molecule has 0 atom stereocenters. The molecule has 0 aliphatic carbocycles. The summed E-state index contributed by atoms with van der Waals surface area (Å²) in [5.74, 6) is 3.06. The van der Waals surface area contributed by atoms with Gasteiger partial charge in [-0.1, -0.05) is 24.3 Å². The van der Waals surface area contributed by atoms with Crippen molar-refractivity contribution < 1.29 is 9.47 Å². The molecule has 3 rings (SSSR count). The summed E-state index contributed by atoms with van der Waals surface area (Å²) in [4.78, 5) is 6.92. The second-order valence-electron chi connectivity index (χ2n) is 7.87. The molecule has 0 amide bonds. The predicted molar refractivity (Wildman–Crippen MR) is 123 cm³/mol. The van der Waals surface area contributed by atoms with Crippen LogP contribution in [-0.2, 0) is 6.54 Å². The number of ether oxygens (including phenoxy) is 2. The Morgan fingerprint density at radius 3 is 2.33 bits per heavy atom. The van der Waals surface area contributed by atoms with Crippen LogP contribution in [0.4, 0.5) is 0 Å². The number of hydrogen-bond acceptors (Lipinski definition) is 4. The van der Waals surface area contributed by atoms with E-state index in [1.807, 2.05) is 43.4 Å². The SMILES string of the molecule is CN=C(NCc1ccc(Oc2ccccc2OC)cc1)NC1CCN(C(C)C)CC1. The summed E-state index contributed by atoms with van der Waals surface area (Å²) < 4.78 is 11.3. The molecule has 0 aromatic heterocycles. The van der Waals surface area contributed by atoms with Crippen molar-refractivity contribution in [1.82, 2.24) is 15.5 Å². The van der Waals surface area contributed by atoms with Crippen molar-refractivity contribution in [3.63, 3.8) is 0 Å². The zero-order valence-electron chi connectivity index (χ0n) is 18.5. The second-order valence-corrected chi connectivity index (χ2v) is 7.87. The first-order valence-electron chi connectivity index (χ1n) is 10.7. The third kappa shape index (κ3) is 6.13. The zero-order valence-corrected chi connectivity index (χ0v) is 18.5. The Balaban J connectivity index is 1.48. The zero-order chi connectivity index (χ0) is 21.3. The Labute approximate surface area is 180 Å². The monoisotopic (exact) mass is 410 g/mol. The van der Waals surface area contributed by atoms with Crippen LogP contribution in [-0.4, -0.2) is 50.2 Å². The van der Waals surface area contributed by atoms with Crippen molar-refractivity contribution in [2.45, 2.75) is 45.3 Å². The van der Waals surface area contributed by atoms with E-state index in [2.05, 4.69) is 46.5 Å². The molecule has 2 aromatic rings. The number of nitrogens with one attached hydrogen (secondary N) is 2. The van der Waals surface area contributed by atoms with Crippen LogP contribution in [0.5, 0.6) is 17.2 Å². The fourth-order valence-corrected chi connectivity index (χ4v) is 3.64. The van der Waals surface area contributed by atoms with Crippen LogP contribution in [0.15, 0.2) is 53.5 Å². The average Bonchev–Trinajstić information content (AvgIpc) is 2.78. The number of hydrogen-bond donors (Lipinski definition) is 2. The number of likely N-dealkylation sites (tertiary alicyclic amines) is 1. The molecule has 1 aliphatic rings. The molecule has 0 spiro atoms. The van der Waals surface area contributed by atoms with Crippen LogP contribution in [0.2, 0.25) is 0 Å². The Bertz CT molecular complexity index is 812. The summed E-state index contributed by atoms with van der Waals surface area (Å²) >= 11 is 0. The number of nitrogens with zero attached hydrogens (tertiary/aromatic N) is 2. The predicted octanol–water partition coefficient (Wildman–Crippen LogP) is 4.03. The average molecular weight is 411 g/mol. The molecule has 0 radical (unpaired) electrons. The highest BCUT2D eigenvalue weighted by Crippen LogP contribution is 2.30. The van der Waals surface area contributed by atoms with E-state index in [1.54, 1.807) is 7.11 Å². The van der Waals surface area contributed by atoms with Crippen LogP contribution in [0.25, 0.3) is 0 Å². The minimum absolute atomic E-state index is 0.475. The fraction of sp³-hybridized carbons (Fsp3) is 0.458. The van der Waals surface area contributed by atoms with Crippen molar-refractivity contribution in [2.24, 2.45) is 4.99 Å². The minimum Gasteiger partial charge on any atom is -0.493 e. The molecule has 0 bridgehead atoms. The van der Waals surface area contributed by atoms with Crippen molar-refractivity contribution in [3.8, 4) is 17.2 Å².